The molecule has 0 aliphatic carbocycles. The van der Waals surface area contributed by atoms with Gasteiger partial charge in [0.05, 0.1) is 5.57 Å². The number of ether oxygens (including phenoxy) is 1. The standard InChI is InChI=1S/C10H8O4/c11-9-5-7(10(12)13)6-3-1-2-4-8(6)14-9/h1-5,9,11H,(H,12,13). The van der Waals surface area contributed by atoms with Crippen molar-refractivity contribution in [3.05, 3.63) is 35.9 Å². The van der Waals surface area contributed by atoms with Gasteiger partial charge in [-0.3, -0.25) is 0 Å². The number of fused-ring (bicyclic) bond motifs is 1. The fourth-order valence-electron chi connectivity index (χ4n) is 1.37. The molecule has 72 valence electrons. The van der Waals surface area contributed by atoms with E-state index in [1.54, 1.807) is 24.3 Å². The van der Waals surface area contributed by atoms with E-state index in [1.807, 2.05) is 0 Å². The van der Waals surface area contributed by atoms with Crippen LogP contribution in [0.3, 0.4) is 0 Å². The van der Waals surface area contributed by atoms with Crippen molar-refractivity contribution in [3.63, 3.8) is 0 Å². The molecule has 1 aromatic rings. The summed E-state index contributed by atoms with van der Waals surface area (Å²) in [6.07, 6.45) is -0.0130. The first-order valence-corrected chi connectivity index (χ1v) is 4.08. The lowest BCUT2D eigenvalue weighted by atomic mass is 10.0. The van der Waals surface area contributed by atoms with E-state index < -0.39 is 12.3 Å². The molecule has 0 saturated carbocycles. The van der Waals surface area contributed by atoms with Gasteiger partial charge in [-0.15, -0.1) is 0 Å². The Morgan fingerprint density at radius 1 is 1.36 bits per heavy atom. The number of carbonyl (C=O) groups is 1. The summed E-state index contributed by atoms with van der Waals surface area (Å²) in [4.78, 5) is 10.8. The second-order valence-electron chi connectivity index (χ2n) is 2.89. The second kappa shape index (κ2) is 3.16. The quantitative estimate of drug-likeness (QED) is 0.692. The molecule has 1 aliphatic heterocycles. The molecular formula is C10H8O4. The second-order valence-corrected chi connectivity index (χ2v) is 2.89. The molecule has 0 amide bonds. The lowest BCUT2D eigenvalue weighted by Gasteiger charge is -2.19. The van der Waals surface area contributed by atoms with Gasteiger partial charge in [0.2, 0.25) is 6.29 Å². The van der Waals surface area contributed by atoms with Gasteiger partial charge < -0.3 is 14.9 Å². The van der Waals surface area contributed by atoms with Crippen LogP contribution in [0.2, 0.25) is 0 Å². The maximum atomic E-state index is 10.8. The summed E-state index contributed by atoms with van der Waals surface area (Å²) in [5.41, 5.74) is 0.560. The maximum absolute atomic E-state index is 10.8. The lowest BCUT2D eigenvalue weighted by Crippen LogP contribution is -2.20. The Kier molecular flexibility index (Phi) is 1.98. The molecule has 2 N–H and O–H groups in total. The van der Waals surface area contributed by atoms with E-state index in [2.05, 4.69) is 0 Å². The van der Waals surface area contributed by atoms with Crippen molar-refractivity contribution in [2.45, 2.75) is 6.29 Å². The largest absolute Gasteiger partial charge is 0.478 e. The molecule has 0 spiro atoms. The number of carboxylic acids is 1. The lowest BCUT2D eigenvalue weighted by molar-refractivity contribution is -0.130. The number of aliphatic hydroxyl groups excluding tert-OH is 1. The summed E-state index contributed by atoms with van der Waals surface area (Å²) in [6, 6.07) is 6.70. The van der Waals surface area contributed by atoms with Crippen LogP contribution in [0.25, 0.3) is 5.57 Å². The van der Waals surface area contributed by atoms with Crippen LogP contribution in [0, 0.1) is 0 Å². The number of aliphatic carboxylic acids is 1. The Morgan fingerprint density at radius 2 is 2.07 bits per heavy atom. The first-order valence-electron chi connectivity index (χ1n) is 4.08. The average molecular weight is 192 g/mol. The highest BCUT2D eigenvalue weighted by Crippen LogP contribution is 2.30. The summed E-state index contributed by atoms with van der Waals surface area (Å²) in [6.45, 7) is 0. The molecule has 1 aromatic carbocycles. The summed E-state index contributed by atoms with van der Waals surface area (Å²) in [7, 11) is 0. The Labute approximate surface area is 80.1 Å². The van der Waals surface area contributed by atoms with Crippen LogP contribution >= 0.6 is 0 Å². The number of para-hydroxylation sites is 1. The molecule has 0 saturated heterocycles. The molecule has 14 heavy (non-hydrogen) atoms. The van der Waals surface area contributed by atoms with Crippen LogP contribution in [0.5, 0.6) is 5.75 Å². The molecule has 4 nitrogen and oxygen atoms in total. The molecule has 1 unspecified atom stereocenters. The molecule has 1 atom stereocenters. The SMILES string of the molecule is O=C(O)C1=CC(O)Oc2ccccc21. The minimum atomic E-state index is -1.18. The van der Waals surface area contributed by atoms with Gasteiger partial charge in [-0.2, -0.15) is 0 Å². The van der Waals surface area contributed by atoms with E-state index >= 15 is 0 Å². The molecule has 2 rings (SSSR count). The highest BCUT2D eigenvalue weighted by atomic mass is 16.6. The summed E-state index contributed by atoms with van der Waals surface area (Å²) < 4.78 is 5.03. The van der Waals surface area contributed by atoms with E-state index in [-0.39, 0.29) is 5.57 Å². The van der Waals surface area contributed by atoms with Gasteiger partial charge in [0.25, 0.3) is 0 Å². The predicted molar refractivity (Wildman–Crippen MR) is 48.7 cm³/mol. The van der Waals surface area contributed by atoms with Gasteiger partial charge in [-0.05, 0) is 12.1 Å². The van der Waals surface area contributed by atoms with E-state index in [4.69, 9.17) is 9.84 Å². The monoisotopic (exact) mass is 192 g/mol. The smallest absolute Gasteiger partial charge is 0.336 e. The molecule has 1 aliphatic rings. The van der Waals surface area contributed by atoms with Gasteiger partial charge >= 0.3 is 5.97 Å². The van der Waals surface area contributed by atoms with Crippen molar-refractivity contribution in [1.82, 2.24) is 0 Å². The number of benzene rings is 1. The molecule has 0 aromatic heterocycles. The van der Waals surface area contributed by atoms with Gasteiger partial charge in [0, 0.05) is 5.56 Å². The third kappa shape index (κ3) is 1.36. The summed E-state index contributed by atoms with van der Waals surface area (Å²) >= 11 is 0. The molecule has 1 heterocycles. The van der Waals surface area contributed by atoms with E-state index in [1.165, 1.54) is 6.08 Å². The van der Waals surface area contributed by atoms with Crippen LogP contribution in [0.15, 0.2) is 30.3 Å². The normalized spacial score (nSPS) is 19.2. The number of rotatable bonds is 1. The Morgan fingerprint density at radius 3 is 2.79 bits per heavy atom. The van der Waals surface area contributed by atoms with Gasteiger partial charge in [-0.25, -0.2) is 4.79 Å². The highest BCUT2D eigenvalue weighted by Gasteiger charge is 2.22. The summed E-state index contributed by atoms with van der Waals surface area (Å²) in [5, 5.41) is 18.1. The zero-order valence-electron chi connectivity index (χ0n) is 7.18. The topological polar surface area (TPSA) is 66.8 Å². The first kappa shape index (κ1) is 8.77. The van der Waals surface area contributed by atoms with Crippen LogP contribution in [-0.2, 0) is 4.79 Å². The Balaban J connectivity index is 2.55. The predicted octanol–water partition coefficient (Wildman–Crippen LogP) is 0.865. The number of hydrogen-bond acceptors (Lipinski definition) is 3. The van der Waals surface area contributed by atoms with Crippen LogP contribution < -0.4 is 4.74 Å². The molecule has 0 fully saturated rings. The molecule has 0 radical (unpaired) electrons. The van der Waals surface area contributed by atoms with E-state index in [0.29, 0.717) is 11.3 Å². The zero-order valence-corrected chi connectivity index (χ0v) is 7.18. The van der Waals surface area contributed by atoms with Crippen molar-refractivity contribution in [3.8, 4) is 5.75 Å². The highest BCUT2D eigenvalue weighted by molar-refractivity contribution is 6.16. The maximum Gasteiger partial charge on any atom is 0.336 e. The minimum absolute atomic E-state index is 0.0688. The average Bonchev–Trinajstić information content (AvgIpc) is 2.16. The van der Waals surface area contributed by atoms with E-state index in [9.17, 15) is 9.90 Å². The van der Waals surface area contributed by atoms with Gasteiger partial charge in [0.15, 0.2) is 0 Å². The molecule has 4 heteroatoms. The zero-order chi connectivity index (χ0) is 10.1. The minimum Gasteiger partial charge on any atom is -0.478 e. The Bertz CT molecular complexity index is 408. The number of aliphatic hydroxyl groups is 1. The van der Waals surface area contributed by atoms with Crippen molar-refractivity contribution < 1.29 is 19.7 Å². The van der Waals surface area contributed by atoms with Gasteiger partial charge in [0.1, 0.15) is 5.75 Å². The van der Waals surface area contributed by atoms with Crippen LogP contribution in [-0.4, -0.2) is 22.5 Å². The van der Waals surface area contributed by atoms with E-state index in [0.717, 1.165) is 0 Å². The first-order chi connectivity index (χ1) is 6.68. The Hall–Kier alpha value is -1.81. The van der Waals surface area contributed by atoms with Gasteiger partial charge in [-0.1, -0.05) is 18.2 Å². The third-order valence-electron chi connectivity index (χ3n) is 1.96. The molecule has 0 bridgehead atoms. The number of hydrogen-bond donors (Lipinski definition) is 2. The fraction of sp³-hybridized carbons (Fsp3) is 0.100. The fourth-order valence-corrected chi connectivity index (χ4v) is 1.37. The van der Waals surface area contributed by atoms with Crippen molar-refractivity contribution in [2.75, 3.05) is 0 Å². The van der Waals surface area contributed by atoms with Crippen LogP contribution in [0.1, 0.15) is 5.56 Å². The number of carboxylic acid groups (broad SMARTS) is 1. The van der Waals surface area contributed by atoms with Crippen molar-refractivity contribution in [1.29, 1.82) is 0 Å². The molecular weight excluding hydrogens is 184 g/mol. The van der Waals surface area contributed by atoms with Crippen molar-refractivity contribution >= 4 is 11.5 Å². The van der Waals surface area contributed by atoms with Crippen LogP contribution in [0.4, 0.5) is 0 Å². The van der Waals surface area contributed by atoms with Crippen molar-refractivity contribution in [2.24, 2.45) is 0 Å². The summed E-state index contributed by atoms with van der Waals surface area (Å²) in [5.74, 6) is -0.681. The third-order valence-corrected chi connectivity index (χ3v) is 1.96.